The van der Waals surface area contributed by atoms with Crippen LogP contribution in [0.4, 0.5) is 5.00 Å². The molecule has 0 unspecified atom stereocenters. The molecule has 0 atom stereocenters. The molecule has 1 N–H and O–H groups in total. The van der Waals surface area contributed by atoms with E-state index in [1.807, 2.05) is 30.3 Å². The Morgan fingerprint density at radius 3 is 2.29 bits per heavy atom. The second kappa shape index (κ2) is 7.89. The molecular weight excluding hydrogens is 390 g/mol. The zero-order valence-corrected chi connectivity index (χ0v) is 17.0. The summed E-state index contributed by atoms with van der Waals surface area (Å²) < 4.78 is 26.8. The molecule has 1 amide bonds. The molecule has 0 aliphatic heterocycles. The molecule has 4 nitrogen and oxygen atoms in total. The van der Waals surface area contributed by atoms with Crippen molar-refractivity contribution in [1.29, 1.82) is 0 Å². The third-order valence-corrected chi connectivity index (χ3v) is 8.12. The van der Waals surface area contributed by atoms with Gasteiger partial charge in [0, 0.05) is 4.88 Å². The zero-order valence-electron chi connectivity index (χ0n) is 15.4. The van der Waals surface area contributed by atoms with E-state index in [9.17, 15) is 13.2 Å². The molecule has 1 aliphatic rings. The number of benzene rings is 2. The fourth-order valence-electron chi connectivity index (χ4n) is 3.57. The van der Waals surface area contributed by atoms with E-state index >= 15 is 0 Å². The summed E-state index contributed by atoms with van der Waals surface area (Å²) in [5, 5.41) is 3.35. The van der Waals surface area contributed by atoms with Crippen LogP contribution in [-0.2, 0) is 33.9 Å². The van der Waals surface area contributed by atoms with Gasteiger partial charge in [-0.3, -0.25) is 4.79 Å². The molecule has 0 saturated carbocycles. The summed E-state index contributed by atoms with van der Waals surface area (Å²) in [4.78, 5) is 14.2. The Bertz CT molecular complexity index is 1090. The third kappa shape index (κ3) is 3.75. The summed E-state index contributed by atoms with van der Waals surface area (Å²) in [5.74, 6) is -0.200. The van der Waals surface area contributed by atoms with Gasteiger partial charge in [-0.25, -0.2) is 8.42 Å². The first kappa shape index (κ1) is 18.9. The predicted octanol–water partition coefficient (Wildman–Crippen LogP) is 4.64. The number of hydrogen-bond donors (Lipinski definition) is 1. The summed E-state index contributed by atoms with van der Waals surface area (Å²) in [6.45, 7) is 0. The monoisotopic (exact) mass is 411 g/mol. The average molecular weight is 412 g/mol. The second-order valence-electron chi connectivity index (χ2n) is 6.90. The number of thiophene rings is 1. The van der Waals surface area contributed by atoms with Crippen LogP contribution in [0, 0.1) is 0 Å². The van der Waals surface area contributed by atoms with Gasteiger partial charge in [0.25, 0.3) is 0 Å². The molecule has 3 aromatic rings. The Morgan fingerprint density at radius 1 is 0.929 bits per heavy atom. The molecule has 0 saturated heterocycles. The molecule has 0 fully saturated rings. The van der Waals surface area contributed by atoms with Crippen LogP contribution >= 0.6 is 11.3 Å². The first-order valence-electron chi connectivity index (χ1n) is 9.34. The maximum Gasteiger partial charge on any atom is 0.229 e. The molecule has 1 aromatic heterocycles. The van der Waals surface area contributed by atoms with Gasteiger partial charge in [-0.2, -0.15) is 0 Å². The Labute approximate surface area is 169 Å². The van der Waals surface area contributed by atoms with Gasteiger partial charge in [0.2, 0.25) is 15.7 Å². The van der Waals surface area contributed by atoms with Gasteiger partial charge >= 0.3 is 0 Å². The summed E-state index contributed by atoms with van der Waals surface area (Å²) in [5.41, 5.74) is 1.78. The molecule has 4 rings (SSSR count). The SMILES string of the molecule is O=C(Cc1ccccc1)Nc1sc2c(c1S(=O)(=O)c1ccccc1)CCCC2. The van der Waals surface area contributed by atoms with Crippen LogP contribution in [0.25, 0.3) is 0 Å². The number of rotatable bonds is 5. The van der Waals surface area contributed by atoms with Crippen LogP contribution in [-0.4, -0.2) is 14.3 Å². The fraction of sp³-hybridized carbons (Fsp3) is 0.227. The Morgan fingerprint density at radius 2 is 1.57 bits per heavy atom. The first-order chi connectivity index (χ1) is 13.6. The molecule has 0 spiro atoms. The van der Waals surface area contributed by atoms with Crippen LogP contribution in [0.5, 0.6) is 0 Å². The highest BCUT2D eigenvalue weighted by Gasteiger charge is 2.31. The molecule has 144 valence electrons. The van der Waals surface area contributed by atoms with Crippen LogP contribution < -0.4 is 5.32 Å². The highest BCUT2D eigenvalue weighted by molar-refractivity contribution is 7.92. The highest BCUT2D eigenvalue weighted by Crippen LogP contribution is 2.43. The van der Waals surface area contributed by atoms with Crippen LogP contribution in [0.3, 0.4) is 0 Å². The van der Waals surface area contributed by atoms with Crippen molar-refractivity contribution in [2.24, 2.45) is 0 Å². The Balaban J connectivity index is 1.72. The molecule has 1 aliphatic carbocycles. The largest absolute Gasteiger partial charge is 0.316 e. The lowest BCUT2D eigenvalue weighted by Gasteiger charge is -2.13. The number of hydrogen-bond acceptors (Lipinski definition) is 4. The normalized spacial score (nSPS) is 13.7. The van der Waals surface area contributed by atoms with Crippen molar-refractivity contribution in [3.05, 3.63) is 76.7 Å². The van der Waals surface area contributed by atoms with E-state index in [2.05, 4.69) is 5.32 Å². The van der Waals surface area contributed by atoms with Gasteiger partial charge in [0.15, 0.2) is 0 Å². The van der Waals surface area contributed by atoms with Crippen LogP contribution in [0.15, 0.2) is 70.5 Å². The lowest BCUT2D eigenvalue weighted by atomic mass is 9.99. The molecule has 2 aromatic carbocycles. The fourth-order valence-corrected chi connectivity index (χ4v) is 6.89. The molecule has 0 radical (unpaired) electrons. The first-order valence-corrected chi connectivity index (χ1v) is 11.6. The van der Waals surface area contributed by atoms with E-state index in [0.717, 1.165) is 41.7 Å². The van der Waals surface area contributed by atoms with Gasteiger partial charge in [-0.15, -0.1) is 11.3 Å². The van der Waals surface area contributed by atoms with Crippen molar-refractivity contribution in [2.45, 2.75) is 41.9 Å². The Hall–Kier alpha value is -2.44. The van der Waals surface area contributed by atoms with E-state index in [1.54, 1.807) is 30.3 Å². The zero-order chi connectivity index (χ0) is 19.6. The minimum atomic E-state index is -3.69. The summed E-state index contributed by atoms with van der Waals surface area (Å²) in [6.07, 6.45) is 3.84. The average Bonchev–Trinajstić information content (AvgIpc) is 3.07. The maximum atomic E-state index is 13.4. The number of amides is 1. The number of aryl methyl sites for hydroxylation is 1. The molecule has 0 bridgehead atoms. The van der Waals surface area contributed by atoms with E-state index in [-0.39, 0.29) is 17.2 Å². The molecule has 6 heteroatoms. The smallest absolute Gasteiger partial charge is 0.229 e. The van der Waals surface area contributed by atoms with Crippen LogP contribution in [0.2, 0.25) is 0 Å². The van der Waals surface area contributed by atoms with Gasteiger partial charge in [0.1, 0.15) is 9.90 Å². The van der Waals surface area contributed by atoms with Crippen LogP contribution in [0.1, 0.15) is 28.8 Å². The minimum Gasteiger partial charge on any atom is -0.316 e. The number of carbonyl (C=O) groups excluding carboxylic acids is 1. The lowest BCUT2D eigenvalue weighted by molar-refractivity contribution is -0.115. The summed E-state index contributed by atoms with van der Waals surface area (Å²) >= 11 is 1.41. The minimum absolute atomic E-state index is 0.200. The van der Waals surface area contributed by atoms with E-state index in [4.69, 9.17) is 0 Å². The van der Waals surface area contributed by atoms with E-state index in [1.165, 1.54) is 11.3 Å². The maximum absolute atomic E-state index is 13.4. The Kier molecular flexibility index (Phi) is 5.33. The van der Waals surface area contributed by atoms with Crippen molar-refractivity contribution in [1.82, 2.24) is 0 Å². The third-order valence-electron chi connectivity index (χ3n) is 4.91. The van der Waals surface area contributed by atoms with Crippen molar-refractivity contribution < 1.29 is 13.2 Å². The molecule has 1 heterocycles. The lowest BCUT2D eigenvalue weighted by Crippen LogP contribution is -2.16. The van der Waals surface area contributed by atoms with Crippen molar-refractivity contribution in [3.63, 3.8) is 0 Å². The van der Waals surface area contributed by atoms with Gasteiger partial charge in [-0.05, 0) is 48.9 Å². The summed E-state index contributed by atoms with van der Waals surface area (Å²) in [6, 6.07) is 17.9. The number of anilines is 1. The van der Waals surface area contributed by atoms with E-state index < -0.39 is 9.84 Å². The number of nitrogens with one attached hydrogen (secondary N) is 1. The van der Waals surface area contributed by atoms with Gasteiger partial charge in [0.05, 0.1) is 11.3 Å². The number of fused-ring (bicyclic) bond motifs is 1. The predicted molar refractivity (Wildman–Crippen MR) is 112 cm³/mol. The van der Waals surface area contributed by atoms with Crippen molar-refractivity contribution in [2.75, 3.05) is 5.32 Å². The van der Waals surface area contributed by atoms with Gasteiger partial charge < -0.3 is 5.32 Å². The van der Waals surface area contributed by atoms with Crippen molar-refractivity contribution >= 4 is 32.1 Å². The quantitative estimate of drug-likeness (QED) is 0.665. The highest BCUT2D eigenvalue weighted by atomic mass is 32.2. The molecule has 28 heavy (non-hydrogen) atoms. The van der Waals surface area contributed by atoms with Gasteiger partial charge in [-0.1, -0.05) is 48.5 Å². The number of sulfone groups is 1. The second-order valence-corrected chi connectivity index (χ2v) is 9.89. The van der Waals surface area contributed by atoms with E-state index in [0.29, 0.717) is 9.90 Å². The van der Waals surface area contributed by atoms with Crippen molar-refractivity contribution in [3.8, 4) is 0 Å². The molecular formula is C22H21NO3S2. The number of carbonyl (C=O) groups is 1. The summed E-state index contributed by atoms with van der Waals surface area (Å²) in [7, 11) is -3.69. The standard InChI is InChI=1S/C22H21NO3S2/c24-20(15-16-9-3-1-4-10-16)23-22-21(18-13-7-8-14-19(18)27-22)28(25,26)17-11-5-2-6-12-17/h1-6,9-12H,7-8,13-15H2,(H,23,24). The topological polar surface area (TPSA) is 63.2 Å².